The molecule has 2 saturated carbocycles. The van der Waals surface area contributed by atoms with Crippen molar-refractivity contribution >= 4 is 5.95 Å². The number of aliphatic hydroxyl groups is 1. The topological polar surface area (TPSA) is 76.3 Å². The standard InChI is InChI=1S/C26H31N5O2/c1-33-23-6-2-18(3-7-23)15-31-24(19-4-5-19)13-21(29-31)12-20-9-11-27-25(28-20)30-16-26(17-32)10-8-22(30)14-26/h2-3,6-7,9,11,13,19,22,32H,4-5,8,10,12,14-17H2,1H3. The second kappa shape index (κ2) is 8.13. The maximum absolute atomic E-state index is 9.88. The Hall–Kier alpha value is -2.93. The Balaban J connectivity index is 1.21. The van der Waals surface area contributed by atoms with Crippen LogP contribution in [0.2, 0.25) is 0 Å². The zero-order chi connectivity index (χ0) is 22.4. The molecule has 0 spiro atoms. The zero-order valence-electron chi connectivity index (χ0n) is 19.2. The number of anilines is 1. The van der Waals surface area contributed by atoms with Crippen LogP contribution in [0, 0.1) is 5.41 Å². The summed E-state index contributed by atoms with van der Waals surface area (Å²) in [6.07, 6.45) is 8.34. The average Bonchev–Trinajstić information content (AvgIpc) is 3.34. The molecule has 0 radical (unpaired) electrons. The summed E-state index contributed by atoms with van der Waals surface area (Å²) in [5, 5.41) is 14.9. The van der Waals surface area contributed by atoms with Crippen LogP contribution in [-0.4, -0.2) is 51.2 Å². The van der Waals surface area contributed by atoms with Gasteiger partial charge in [-0.15, -0.1) is 0 Å². The minimum Gasteiger partial charge on any atom is -0.497 e. The van der Waals surface area contributed by atoms with E-state index < -0.39 is 0 Å². The number of rotatable bonds is 8. The fraction of sp³-hybridized carbons (Fsp3) is 0.500. The first-order chi connectivity index (χ1) is 16.1. The summed E-state index contributed by atoms with van der Waals surface area (Å²) < 4.78 is 7.45. The van der Waals surface area contributed by atoms with Gasteiger partial charge in [-0.25, -0.2) is 9.97 Å². The van der Waals surface area contributed by atoms with Gasteiger partial charge in [-0.05, 0) is 61.9 Å². The second-order valence-electron chi connectivity index (χ2n) is 10.0. The monoisotopic (exact) mass is 445 g/mol. The highest BCUT2D eigenvalue weighted by atomic mass is 16.5. The molecule has 172 valence electrons. The quantitative estimate of drug-likeness (QED) is 0.572. The number of nitrogens with zero attached hydrogens (tertiary/aromatic N) is 5. The molecule has 2 atom stereocenters. The van der Waals surface area contributed by atoms with Gasteiger partial charge >= 0.3 is 0 Å². The molecule has 7 nitrogen and oxygen atoms in total. The summed E-state index contributed by atoms with van der Waals surface area (Å²) in [6, 6.07) is 12.9. The normalized spacial score (nSPS) is 23.9. The molecule has 3 aliphatic rings. The summed E-state index contributed by atoms with van der Waals surface area (Å²) in [4.78, 5) is 11.8. The molecule has 3 heterocycles. The van der Waals surface area contributed by atoms with Crippen LogP contribution in [0.15, 0.2) is 42.6 Å². The van der Waals surface area contributed by atoms with Crippen molar-refractivity contribution in [3.63, 3.8) is 0 Å². The Morgan fingerprint density at radius 3 is 2.70 bits per heavy atom. The van der Waals surface area contributed by atoms with Gasteiger partial charge < -0.3 is 14.7 Å². The third-order valence-corrected chi connectivity index (χ3v) is 7.63. The Kier molecular flexibility index (Phi) is 5.09. The van der Waals surface area contributed by atoms with Gasteiger partial charge in [0.1, 0.15) is 5.75 Å². The van der Waals surface area contributed by atoms with Gasteiger partial charge in [0.2, 0.25) is 5.95 Å². The Morgan fingerprint density at radius 1 is 1.12 bits per heavy atom. The number of aromatic nitrogens is 4. The van der Waals surface area contributed by atoms with Crippen molar-refractivity contribution < 1.29 is 9.84 Å². The molecule has 7 heteroatoms. The van der Waals surface area contributed by atoms with Crippen LogP contribution in [0.1, 0.15) is 60.7 Å². The van der Waals surface area contributed by atoms with E-state index in [2.05, 4.69) is 32.8 Å². The SMILES string of the molecule is COc1ccc(Cn2nc(Cc3ccnc(N4CC5(CO)CCC4C5)n3)cc2C2CC2)cc1. The van der Waals surface area contributed by atoms with Gasteiger partial charge in [0.05, 0.1) is 31.6 Å². The van der Waals surface area contributed by atoms with Gasteiger partial charge in [0, 0.05) is 42.2 Å². The average molecular weight is 446 g/mol. The maximum atomic E-state index is 9.88. The van der Waals surface area contributed by atoms with Crippen LogP contribution in [0.25, 0.3) is 0 Å². The molecule has 2 aliphatic carbocycles. The number of hydrogen-bond acceptors (Lipinski definition) is 6. The van der Waals surface area contributed by atoms with Crippen LogP contribution >= 0.6 is 0 Å². The molecular formula is C26H31N5O2. The predicted octanol–water partition coefficient (Wildman–Crippen LogP) is 3.55. The van der Waals surface area contributed by atoms with E-state index in [0.717, 1.165) is 55.4 Å². The molecule has 1 aliphatic heterocycles. The lowest BCUT2D eigenvalue weighted by atomic mass is 9.89. The van der Waals surface area contributed by atoms with E-state index in [9.17, 15) is 5.11 Å². The lowest BCUT2D eigenvalue weighted by Gasteiger charge is -2.31. The highest BCUT2D eigenvalue weighted by Gasteiger charge is 2.49. The first-order valence-corrected chi connectivity index (χ1v) is 12.0. The summed E-state index contributed by atoms with van der Waals surface area (Å²) >= 11 is 0. The molecule has 33 heavy (non-hydrogen) atoms. The van der Waals surface area contributed by atoms with Gasteiger partial charge in [-0.1, -0.05) is 12.1 Å². The Bertz CT molecular complexity index is 1140. The van der Waals surface area contributed by atoms with Crippen LogP contribution < -0.4 is 9.64 Å². The number of benzene rings is 1. The maximum Gasteiger partial charge on any atom is 0.225 e. The van der Waals surface area contributed by atoms with E-state index >= 15 is 0 Å². The van der Waals surface area contributed by atoms with Gasteiger partial charge in [0.15, 0.2) is 0 Å². The molecule has 6 rings (SSSR count). The van der Waals surface area contributed by atoms with E-state index in [4.69, 9.17) is 14.8 Å². The van der Waals surface area contributed by atoms with Crippen LogP contribution in [0.3, 0.4) is 0 Å². The van der Waals surface area contributed by atoms with Crippen molar-refractivity contribution in [2.24, 2.45) is 5.41 Å². The van der Waals surface area contributed by atoms with Crippen molar-refractivity contribution in [3.05, 3.63) is 65.2 Å². The van der Waals surface area contributed by atoms with E-state index in [1.165, 1.54) is 24.1 Å². The zero-order valence-corrected chi connectivity index (χ0v) is 19.2. The van der Waals surface area contributed by atoms with Gasteiger partial charge in [-0.3, -0.25) is 4.68 Å². The molecule has 2 bridgehead atoms. The Labute approximate surface area is 194 Å². The van der Waals surface area contributed by atoms with Crippen LogP contribution in [0.4, 0.5) is 5.95 Å². The summed E-state index contributed by atoms with van der Waals surface area (Å²) in [7, 11) is 1.69. The summed E-state index contributed by atoms with van der Waals surface area (Å²) in [6.45, 7) is 1.89. The second-order valence-corrected chi connectivity index (χ2v) is 10.0. The first kappa shape index (κ1) is 20.7. The smallest absolute Gasteiger partial charge is 0.225 e. The third-order valence-electron chi connectivity index (χ3n) is 7.63. The van der Waals surface area contributed by atoms with Crippen molar-refractivity contribution in [2.75, 3.05) is 25.2 Å². The first-order valence-electron chi connectivity index (χ1n) is 12.0. The molecule has 0 amide bonds. The highest BCUT2D eigenvalue weighted by Crippen LogP contribution is 2.48. The minimum atomic E-state index is 0.0451. The fourth-order valence-electron chi connectivity index (χ4n) is 5.62. The lowest BCUT2D eigenvalue weighted by molar-refractivity contribution is 0.148. The number of aliphatic hydroxyl groups excluding tert-OH is 1. The van der Waals surface area contributed by atoms with E-state index in [0.29, 0.717) is 18.4 Å². The fourth-order valence-corrected chi connectivity index (χ4v) is 5.62. The van der Waals surface area contributed by atoms with Crippen molar-refractivity contribution in [2.45, 2.75) is 57.0 Å². The van der Waals surface area contributed by atoms with Gasteiger partial charge in [0.25, 0.3) is 0 Å². The number of fused-ring (bicyclic) bond motifs is 2. The van der Waals surface area contributed by atoms with Gasteiger partial charge in [-0.2, -0.15) is 5.10 Å². The summed E-state index contributed by atoms with van der Waals surface area (Å²) in [5.74, 6) is 2.30. The number of ether oxygens (including phenoxy) is 1. The third kappa shape index (κ3) is 3.99. The molecule has 2 unspecified atom stereocenters. The largest absolute Gasteiger partial charge is 0.497 e. The van der Waals surface area contributed by atoms with Crippen LogP contribution in [-0.2, 0) is 13.0 Å². The minimum absolute atomic E-state index is 0.0451. The van der Waals surface area contributed by atoms with Crippen molar-refractivity contribution in [3.8, 4) is 5.75 Å². The van der Waals surface area contributed by atoms with Crippen molar-refractivity contribution in [1.29, 1.82) is 0 Å². The number of piperidine rings is 1. The Morgan fingerprint density at radius 2 is 1.97 bits per heavy atom. The highest BCUT2D eigenvalue weighted by molar-refractivity contribution is 5.38. The lowest BCUT2D eigenvalue weighted by Crippen LogP contribution is -2.38. The molecular weight excluding hydrogens is 414 g/mol. The van der Waals surface area contributed by atoms with E-state index in [1.807, 2.05) is 24.4 Å². The molecule has 3 fully saturated rings. The molecule has 2 aromatic heterocycles. The molecule has 3 aromatic rings. The summed E-state index contributed by atoms with van der Waals surface area (Å²) in [5.41, 5.74) is 4.65. The predicted molar refractivity (Wildman–Crippen MR) is 126 cm³/mol. The number of methoxy groups -OCH3 is 1. The van der Waals surface area contributed by atoms with E-state index in [1.54, 1.807) is 7.11 Å². The van der Waals surface area contributed by atoms with Crippen molar-refractivity contribution in [1.82, 2.24) is 19.7 Å². The molecule has 1 aromatic carbocycles. The number of hydrogen-bond donors (Lipinski definition) is 1. The van der Waals surface area contributed by atoms with Crippen LogP contribution in [0.5, 0.6) is 5.75 Å². The molecule has 1 N–H and O–H groups in total. The van der Waals surface area contributed by atoms with E-state index in [-0.39, 0.29) is 12.0 Å². The molecule has 1 saturated heterocycles.